The highest BCUT2D eigenvalue weighted by Gasteiger charge is 2.14. The molecule has 150 valence electrons. The number of aryl methyl sites for hydroxylation is 1. The number of hydrogen-bond acceptors (Lipinski definition) is 4. The monoisotopic (exact) mass is 382 g/mol. The van der Waals surface area contributed by atoms with Crippen molar-refractivity contribution in [3.63, 3.8) is 0 Å². The molecule has 2 aromatic carbocycles. The number of nitrogens with one attached hydrogen (secondary N) is 2. The molecule has 0 amide bonds. The molecular formula is C22H30N4O2. The van der Waals surface area contributed by atoms with Crippen LogP contribution in [0.1, 0.15) is 24.5 Å². The molecule has 0 saturated heterocycles. The highest BCUT2D eigenvalue weighted by Crippen LogP contribution is 2.30. The van der Waals surface area contributed by atoms with Gasteiger partial charge in [0.2, 0.25) is 0 Å². The molecular weight excluding hydrogens is 352 g/mol. The molecule has 1 aliphatic heterocycles. The second-order valence-corrected chi connectivity index (χ2v) is 6.84. The van der Waals surface area contributed by atoms with Crippen LogP contribution in [0.4, 0.5) is 11.4 Å². The van der Waals surface area contributed by atoms with Gasteiger partial charge >= 0.3 is 0 Å². The summed E-state index contributed by atoms with van der Waals surface area (Å²) in [4.78, 5) is 6.66. The fraction of sp³-hybridized carbons (Fsp3) is 0.409. The highest BCUT2D eigenvalue weighted by atomic mass is 16.5. The number of aliphatic imine (C=N–C) groups is 1. The molecule has 0 aromatic heterocycles. The van der Waals surface area contributed by atoms with Crippen LogP contribution in [0.15, 0.2) is 41.4 Å². The molecule has 1 aliphatic rings. The zero-order chi connectivity index (χ0) is 19.9. The molecule has 0 aliphatic carbocycles. The summed E-state index contributed by atoms with van der Waals surface area (Å²) < 4.78 is 11.0. The van der Waals surface area contributed by atoms with Gasteiger partial charge in [-0.05, 0) is 49.1 Å². The van der Waals surface area contributed by atoms with E-state index in [0.29, 0.717) is 24.9 Å². The van der Waals surface area contributed by atoms with E-state index in [0.717, 1.165) is 24.4 Å². The van der Waals surface area contributed by atoms with Crippen molar-refractivity contribution in [3.05, 3.63) is 47.5 Å². The van der Waals surface area contributed by atoms with Gasteiger partial charge in [0.15, 0.2) is 17.5 Å². The largest absolute Gasteiger partial charge is 0.493 e. The summed E-state index contributed by atoms with van der Waals surface area (Å²) in [7, 11) is 5.57. The summed E-state index contributed by atoms with van der Waals surface area (Å²) in [5, 5.41) is 6.69. The first-order valence-electron chi connectivity index (χ1n) is 9.76. The third-order valence-corrected chi connectivity index (χ3v) is 4.90. The van der Waals surface area contributed by atoms with Crippen molar-refractivity contribution in [2.24, 2.45) is 4.99 Å². The fourth-order valence-corrected chi connectivity index (χ4v) is 3.47. The molecule has 0 bridgehead atoms. The molecule has 1 heterocycles. The van der Waals surface area contributed by atoms with Crippen molar-refractivity contribution in [2.45, 2.75) is 26.3 Å². The molecule has 2 N–H and O–H groups in total. The van der Waals surface area contributed by atoms with E-state index in [9.17, 15) is 0 Å². The molecule has 3 rings (SSSR count). The molecule has 28 heavy (non-hydrogen) atoms. The lowest BCUT2D eigenvalue weighted by Crippen LogP contribution is -2.30. The number of rotatable bonds is 6. The number of ether oxygens (including phenoxy) is 2. The van der Waals surface area contributed by atoms with Crippen LogP contribution in [0.25, 0.3) is 0 Å². The summed E-state index contributed by atoms with van der Waals surface area (Å²) in [6.07, 6.45) is 2.36. The number of nitrogens with zero attached hydrogens (tertiary/aromatic N) is 2. The van der Waals surface area contributed by atoms with E-state index < -0.39 is 0 Å². The van der Waals surface area contributed by atoms with Gasteiger partial charge in [-0.15, -0.1) is 0 Å². The van der Waals surface area contributed by atoms with Crippen molar-refractivity contribution < 1.29 is 9.47 Å². The first-order valence-corrected chi connectivity index (χ1v) is 9.76. The third kappa shape index (κ3) is 4.68. The van der Waals surface area contributed by atoms with Crippen LogP contribution in [0, 0.1) is 0 Å². The van der Waals surface area contributed by atoms with Crippen LogP contribution < -0.4 is 25.0 Å². The Hall–Kier alpha value is -2.89. The summed E-state index contributed by atoms with van der Waals surface area (Å²) in [6.45, 7) is 4.40. The molecule has 6 heteroatoms. The van der Waals surface area contributed by atoms with Gasteiger partial charge in [-0.3, -0.25) is 4.99 Å². The van der Waals surface area contributed by atoms with Crippen molar-refractivity contribution in [1.29, 1.82) is 0 Å². The highest BCUT2D eigenvalue weighted by molar-refractivity contribution is 5.93. The molecule has 0 radical (unpaired) electrons. The molecule has 6 nitrogen and oxygen atoms in total. The Balaban J connectivity index is 1.64. The Kier molecular flexibility index (Phi) is 6.63. The van der Waals surface area contributed by atoms with Crippen LogP contribution in [0.2, 0.25) is 0 Å². The van der Waals surface area contributed by atoms with Crippen LogP contribution in [-0.4, -0.2) is 40.3 Å². The molecule has 0 spiro atoms. The second kappa shape index (κ2) is 9.35. The summed E-state index contributed by atoms with van der Waals surface area (Å²) >= 11 is 0. The van der Waals surface area contributed by atoms with Crippen molar-refractivity contribution in [1.82, 2.24) is 5.32 Å². The minimum Gasteiger partial charge on any atom is -0.493 e. The summed E-state index contributed by atoms with van der Waals surface area (Å²) in [6, 6.07) is 12.5. The van der Waals surface area contributed by atoms with Gasteiger partial charge in [0.05, 0.1) is 13.7 Å². The number of guanidine groups is 1. The lowest BCUT2D eigenvalue weighted by molar-refractivity contribution is 0.311. The maximum absolute atomic E-state index is 5.57. The maximum Gasteiger partial charge on any atom is 0.195 e. The van der Waals surface area contributed by atoms with Crippen LogP contribution in [0.3, 0.4) is 0 Å². The van der Waals surface area contributed by atoms with Gasteiger partial charge in [0.25, 0.3) is 0 Å². The van der Waals surface area contributed by atoms with Crippen molar-refractivity contribution in [2.75, 3.05) is 44.6 Å². The predicted octanol–water partition coefficient (Wildman–Crippen LogP) is 3.66. The second-order valence-electron chi connectivity index (χ2n) is 6.84. The zero-order valence-corrected chi connectivity index (χ0v) is 17.2. The van der Waals surface area contributed by atoms with Crippen LogP contribution in [-0.2, 0) is 13.0 Å². The van der Waals surface area contributed by atoms with E-state index >= 15 is 0 Å². The van der Waals surface area contributed by atoms with Crippen molar-refractivity contribution in [3.8, 4) is 11.5 Å². The number of fused-ring (bicyclic) bond motifs is 1. The SMILES string of the molecule is CCOc1ccc(NC(=NC)NCc2ccc3c(c2)CCCN3C)cc1OC. The van der Waals surface area contributed by atoms with E-state index in [4.69, 9.17) is 9.47 Å². The average Bonchev–Trinajstić information content (AvgIpc) is 2.72. The Morgan fingerprint density at radius 2 is 2.04 bits per heavy atom. The van der Waals surface area contributed by atoms with E-state index in [-0.39, 0.29) is 0 Å². The molecule has 0 fully saturated rings. The number of benzene rings is 2. The van der Waals surface area contributed by atoms with Gasteiger partial charge in [-0.1, -0.05) is 12.1 Å². The Labute approximate surface area is 167 Å². The maximum atomic E-state index is 5.57. The zero-order valence-electron chi connectivity index (χ0n) is 17.2. The molecule has 0 unspecified atom stereocenters. The van der Waals surface area contributed by atoms with Gasteiger partial charge < -0.3 is 25.0 Å². The Morgan fingerprint density at radius 1 is 1.18 bits per heavy atom. The first kappa shape index (κ1) is 19.9. The minimum absolute atomic E-state index is 0.600. The van der Waals surface area contributed by atoms with E-state index in [1.807, 2.05) is 25.1 Å². The topological polar surface area (TPSA) is 58.1 Å². The molecule has 0 saturated carbocycles. The van der Waals surface area contributed by atoms with Gasteiger partial charge in [-0.2, -0.15) is 0 Å². The molecule has 0 atom stereocenters. The number of hydrogen-bond donors (Lipinski definition) is 2. The Morgan fingerprint density at radius 3 is 2.79 bits per heavy atom. The fourth-order valence-electron chi connectivity index (χ4n) is 3.47. The van der Waals surface area contributed by atoms with Crippen molar-refractivity contribution >= 4 is 17.3 Å². The lowest BCUT2D eigenvalue weighted by atomic mass is 9.99. The average molecular weight is 383 g/mol. The van der Waals surface area contributed by atoms with Crippen LogP contribution in [0.5, 0.6) is 11.5 Å². The van der Waals surface area contributed by atoms with E-state index in [1.54, 1.807) is 14.2 Å². The molecule has 2 aromatic rings. The smallest absolute Gasteiger partial charge is 0.195 e. The number of methoxy groups -OCH3 is 1. The third-order valence-electron chi connectivity index (χ3n) is 4.90. The number of anilines is 2. The van der Waals surface area contributed by atoms with Gasteiger partial charge in [0.1, 0.15) is 0 Å². The normalized spacial score (nSPS) is 13.7. The minimum atomic E-state index is 0.600. The summed E-state index contributed by atoms with van der Waals surface area (Å²) in [5.74, 6) is 2.14. The van der Waals surface area contributed by atoms with Gasteiger partial charge in [0, 0.05) is 44.6 Å². The first-order chi connectivity index (χ1) is 13.6. The standard InChI is InChI=1S/C22H30N4O2/c1-5-28-20-11-9-18(14-21(20)27-4)25-22(23-2)24-15-16-8-10-19-17(13-16)7-6-12-26(19)3/h8-11,13-14H,5-7,12,15H2,1-4H3,(H2,23,24,25). The van der Waals surface area contributed by atoms with E-state index in [2.05, 4.69) is 45.8 Å². The summed E-state index contributed by atoms with van der Waals surface area (Å²) in [5.41, 5.74) is 4.91. The predicted molar refractivity (Wildman–Crippen MR) is 116 cm³/mol. The van der Waals surface area contributed by atoms with Crippen LogP contribution >= 0.6 is 0 Å². The lowest BCUT2D eigenvalue weighted by Gasteiger charge is -2.28. The Bertz CT molecular complexity index is 835. The quantitative estimate of drug-likeness (QED) is 0.590. The van der Waals surface area contributed by atoms with E-state index in [1.165, 1.54) is 23.2 Å². The van der Waals surface area contributed by atoms with Gasteiger partial charge in [-0.25, -0.2) is 0 Å².